The van der Waals surface area contributed by atoms with E-state index < -0.39 is 0 Å². The van der Waals surface area contributed by atoms with Crippen LogP contribution >= 0.6 is 11.8 Å². The molecule has 0 aromatic carbocycles. The fraction of sp³-hybridized carbons (Fsp3) is 1.00. The molecule has 2 aliphatic rings. The topological polar surface area (TPSA) is 15.3 Å². The lowest BCUT2D eigenvalue weighted by Gasteiger charge is -2.40. The summed E-state index contributed by atoms with van der Waals surface area (Å²) in [4.78, 5) is 2.48. The van der Waals surface area contributed by atoms with E-state index >= 15 is 0 Å². The van der Waals surface area contributed by atoms with Crippen LogP contribution in [0.2, 0.25) is 0 Å². The molecule has 0 spiro atoms. The van der Waals surface area contributed by atoms with Gasteiger partial charge in [-0.2, -0.15) is 11.8 Å². The summed E-state index contributed by atoms with van der Waals surface area (Å²) in [7, 11) is 2.26. The molecule has 0 bridgehead atoms. The highest BCUT2D eigenvalue weighted by Crippen LogP contribution is 2.34. The fourth-order valence-electron chi connectivity index (χ4n) is 3.02. The molecule has 2 heterocycles. The number of rotatable bonds is 3. The van der Waals surface area contributed by atoms with E-state index in [9.17, 15) is 0 Å². The molecule has 2 aliphatic heterocycles. The van der Waals surface area contributed by atoms with Crippen molar-refractivity contribution >= 4 is 11.8 Å². The number of nitrogens with zero attached hydrogens (tertiary/aromatic N) is 1. The first-order valence-electron chi connectivity index (χ1n) is 7.07. The van der Waals surface area contributed by atoms with Crippen molar-refractivity contribution in [1.82, 2.24) is 10.2 Å². The van der Waals surface area contributed by atoms with Gasteiger partial charge in [-0.15, -0.1) is 0 Å². The number of likely N-dealkylation sites (tertiary alicyclic amines) is 1. The molecule has 2 unspecified atom stereocenters. The molecule has 2 nitrogen and oxygen atoms in total. The third-order valence-electron chi connectivity index (χ3n) is 4.49. The predicted molar refractivity (Wildman–Crippen MR) is 77.7 cm³/mol. The Labute approximate surface area is 111 Å². The highest BCUT2D eigenvalue weighted by Gasteiger charge is 2.32. The Bertz CT molecular complexity index is 242. The van der Waals surface area contributed by atoms with E-state index in [4.69, 9.17) is 0 Å². The standard InChI is InChI=1S/C14H28N2S/c1-14(2)6-8-17-11-13(14)15-9-12-5-4-7-16(3)10-12/h12-13,15H,4-11H2,1-3H3. The first-order chi connectivity index (χ1) is 8.08. The number of nitrogens with one attached hydrogen (secondary N) is 1. The maximum absolute atomic E-state index is 3.85. The van der Waals surface area contributed by atoms with Crippen LogP contribution in [-0.2, 0) is 0 Å². The Balaban J connectivity index is 1.76. The summed E-state index contributed by atoms with van der Waals surface area (Å²) in [6.07, 6.45) is 4.16. The van der Waals surface area contributed by atoms with E-state index in [0.29, 0.717) is 11.5 Å². The minimum absolute atomic E-state index is 0.492. The second-order valence-corrected chi connectivity index (χ2v) is 7.69. The number of hydrogen-bond acceptors (Lipinski definition) is 3. The van der Waals surface area contributed by atoms with Gasteiger partial charge in [-0.05, 0) is 56.5 Å². The Hall–Kier alpha value is 0.270. The number of thioether (sulfide) groups is 1. The van der Waals surface area contributed by atoms with Crippen LogP contribution in [-0.4, -0.2) is 49.1 Å². The van der Waals surface area contributed by atoms with Gasteiger partial charge < -0.3 is 10.2 Å². The zero-order valence-corrected chi connectivity index (χ0v) is 12.5. The zero-order valence-electron chi connectivity index (χ0n) is 11.7. The van der Waals surface area contributed by atoms with Crippen molar-refractivity contribution < 1.29 is 0 Å². The molecule has 0 aliphatic carbocycles. The molecule has 3 heteroatoms. The second kappa shape index (κ2) is 5.94. The molecular weight excluding hydrogens is 228 g/mol. The zero-order chi connectivity index (χ0) is 12.3. The van der Waals surface area contributed by atoms with E-state index in [1.54, 1.807) is 0 Å². The Morgan fingerprint density at radius 2 is 2.24 bits per heavy atom. The minimum Gasteiger partial charge on any atom is -0.312 e. The van der Waals surface area contributed by atoms with Crippen LogP contribution in [0.1, 0.15) is 33.1 Å². The number of hydrogen-bond donors (Lipinski definition) is 1. The van der Waals surface area contributed by atoms with E-state index in [0.717, 1.165) is 5.92 Å². The van der Waals surface area contributed by atoms with Gasteiger partial charge in [-0.25, -0.2) is 0 Å². The van der Waals surface area contributed by atoms with Crippen LogP contribution in [0.4, 0.5) is 0 Å². The van der Waals surface area contributed by atoms with E-state index in [-0.39, 0.29) is 0 Å². The van der Waals surface area contributed by atoms with Crippen molar-refractivity contribution in [2.24, 2.45) is 11.3 Å². The normalized spacial score (nSPS) is 34.8. The molecule has 0 radical (unpaired) electrons. The summed E-state index contributed by atoms with van der Waals surface area (Å²) >= 11 is 2.12. The van der Waals surface area contributed by atoms with Crippen molar-refractivity contribution in [3.63, 3.8) is 0 Å². The third kappa shape index (κ3) is 3.87. The van der Waals surface area contributed by atoms with Gasteiger partial charge in [0.1, 0.15) is 0 Å². The fourth-order valence-corrected chi connectivity index (χ4v) is 4.66. The van der Waals surface area contributed by atoms with Crippen molar-refractivity contribution in [3.8, 4) is 0 Å². The van der Waals surface area contributed by atoms with Gasteiger partial charge in [0.05, 0.1) is 0 Å². The summed E-state index contributed by atoms with van der Waals surface area (Å²) in [5.74, 6) is 3.52. The van der Waals surface area contributed by atoms with Crippen molar-refractivity contribution in [2.45, 2.75) is 39.2 Å². The first-order valence-corrected chi connectivity index (χ1v) is 8.23. The molecule has 0 saturated carbocycles. The van der Waals surface area contributed by atoms with Gasteiger partial charge >= 0.3 is 0 Å². The van der Waals surface area contributed by atoms with Gasteiger partial charge in [0, 0.05) is 18.3 Å². The molecular formula is C14H28N2S. The van der Waals surface area contributed by atoms with Gasteiger partial charge in [0.2, 0.25) is 0 Å². The van der Waals surface area contributed by atoms with Gasteiger partial charge in [0.15, 0.2) is 0 Å². The maximum atomic E-state index is 3.85. The van der Waals surface area contributed by atoms with Crippen molar-refractivity contribution in [1.29, 1.82) is 0 Å². The molecule has 0 aromatic rings. The van der Waals surface area contributed by atoms with E-state index in [1.807, 2.05) is 0 Å². The lowest BCUT2D eigenvalue weighted by molar-refractivity contribution is 0.183. The Morgan fingerprint density at radius 3 is 2.94 bits per heavy atom. The SMILES string of the molecule is CN1CCCC(CNC2CSCCC2(C)C)C1. The molecule has 100 valence electrons. The third-order valence-corrected chi connectivity index (χ3v) is 5.56. The molecule has 2 saturated heterocycles. The van der Waals surface area contributed by atoms with Gasteiger partial charge in [0.25, 0.3) is 0 Å². The Kier molecular flexibility index (Phi) is 4.79. The van der Waals surface area contributed by atoms with Crippen LogP contribution in [0.5, 0.6) is 0 Å². The maximum Gasteiger partial charge on any atom is 0.0209 e. The summed E-state index contributed by atoms with van der Waals surface area (Å²) in [6.45, 7) is 8.66. The highest BCUT2D eigenvalue weighted by molar-refractivity contribution is 7.99. The average Bonchev–Trinajstić information content (AvgIpc) is 2.27. The van der Waals surface area contributed by atoms with E-state index in [1.165, 1.54) is 50.4 Å². The van der Waals surface area contributed by atoms with Gasteiger partial charge in [-0.1, -0.05) is 13.8 Å². The van der Waals surface area contributed by atoms with Crippen molar-refractivity contribution in [2.75, 3.05) is 38.2 Å². The molecule has 0 amide bonds. The highest BCUT2D eigenvalue weighted by atomic mass is 32.2. The molecule has 2 atom stereocenters. The smallest absolute Gasteiger partial charge is 0.0209 e. The molecule has 0 aromatic heterocycles. The van der Waals surface area contributed by atoms with E-state index in [2.05, 4.69) is 42.9 Å². The quantitative estimate of drug-likeness (QED) is 0.835. The first kappa shape index (κ1) is 13.7. The molecule has 2 fully saturated rings. The monoisotopic (exact) mass is 256 g/mol. The molecule has 17 heavy (non-hydrogen) atoms. The lowest BCUT2D eigenvalue weighted by atomic mass is 9.82. The summed E-state index contributed by atoms with van der Waals surface area (Å²) in [6, 6.07) is 0.716. The molecule has 2 rings (SSSR count). The van der Waals surface area contributed by atoms with Crippen LogP contribution in [0.25, 0.3) is 0 Å². The molecule has 1 N–H and O–H groups in total. The lowest BCUT2D eigenvalue weighted by Crippen LogP contribution is -2.49. The van der Waals surface area contributed by atoms with Gasteiger partial charge in [-0.3, -0.25) is 0 Å². The van der Waals surface area contributed by atoms with Crippen LogP contribution in [0.15, 0.2) is 0 Å². The van der Waals surface area contributed by atoms with Crippen LogP contribution in [0, 0.1) is 11.3 Å². The average molecular weight is 256 g/mol. The minimum atomic E-state index is 0.492. The Morgan fingerprint density at radius 1 is 1.41 bits per heavy atom. The summed E-state index contributed by atoms with van der Waals surface area (Å²) in [5.41, 5.74) is 0.492. The summed E-state index contributed by atoms with van der Waals surface area (Å²) in [5, 5.41) is 3.85. The van der Waals surface area contributed by atoms with Crippen LogP contribution < -0.4 is 5.32 Å². The number of piperidine rings is 1. The summed E-state index contributed by atoms with van der Waals surface area (Å²) < 4.78 is 0. The van der Waals surface area contributed by atoms with Crippen LogP contribution in [0.3, 0.4) is 0 Å². The van der Waals surface area contributed by atoms with Crippen molar-refractivity contribution in [3.05, 3.63) is 0 Å². The predicted octanol–water partition coefficient (Wildman–Crippen LogP) is 2.45. The second-order valence-electron chi connectivity index (χ2n) is 6.54. The largest absolute Gasteiger partial charge is 0.312 e.